The summed E-state index contributed by atoms with van der Waals surface area (Å²) in [5, 5.41) is 9.49. The van der Waals surface area contributed by atoms with Crippen LogP contribution in [0.5, 0.6) is 11.5 Å². The molecule has 1 aromatic heterocycles. The van der Waals surface area contributed by atoms with Gasteiger partial charge in [-0.05, 0) is 32.0 Å². The quantitative estimate of drug-likeness (QED) is 0.641. The van der Waals surface area contributed by atoms with Crippen LogP contribution in [-0.4, -0.2) is 22.7 Å². The van der Waals surface area contributed by atoms with Crippen LogP contribution in [0, 0.1) is 19.7 Å². The minimum absolute atomic E-state index is 0.125. The topological polar surface area (TPSA) is 68.7 Å². The Morgan fingerprint density at radius 1 is 1.19 bits per heavy atom. The molecule has 0 fully saturated rings. The van der Waals surface area contributed by atoms with Crippen LogP contribution in [0.15, 0.2) is 42.5 Å². The van der Waals surface area contributed by atoms with E-state index in [0.29, 0.717) is 5.75 Å². The zero-order valence-electron chi connectivity index (χ0n) is 14.9. The zero-order chi connectivity index (χ0) is 19.4. The van der Waals surface area contributed by atoms with E-state index in [0.717, 1.165) is 21.1 Å². The Morgan fingerprint density at radius 3 is 2.70 bits per heavy atom. The first-order chi connectivity index (χ1) is 12.9. The van der Waals surface area contributed by atoms with Crippen LogP contribution in [0.3, 0.4) is 0 Å². The van der Waals surface area contributed by atoms with Crippen molar-refractivity contribution >= 4 is 17.3 Å². The van der Waals surface area contributed by atoms with Crippen molar-refractivity contribution in [2.75, 3.05) is 6.61 Å². The highest BCUT2D eigenvalue weighted by Crippen LogP contribution is 2.30. The Bertz CT molecular complexity index is 970. The largest absolute Gasteiger partial charge is 0.488 e. The second-order valence-electron chi connectivity index (χ2n) is 5.96. The van der Waals surface area contributed by atoms with Crippen molar-refractivity contribution in [3.63, 3.8) is 0 Å². The molecule has 140 valence electrons. The van der Waals surface area contributed by atoms with Gasteiger partial charge in [0.15, 0.2) is 18.2 Å². The second kappa shape index (κ2) is 8.18. The van der Waals surface area contributed by atoms with Gasteiger partial charge in [0.05, 0.1) is 10.6 Å². The number of carboxylic acid groups (broad SMARTS) is 1. The van der Waals surface area contributed by atoms with E-state index in [9.17, 15) is 9.18 Å². The van der Waals surface area contributed by atoms with Gasteiger partial charge in [0.1, 0.15) is 17.4 Å². The number of ether oxygens (including phenoxy) is 2. The van der Waals surface area contributed by atoms with Gasteiger partial charge in [0.25, 0.3) is 0 Å². The molecule has 1 heterocycles. The highest BCUT2D eigenvalue weighted by Gasteiger charge is 2.12. The molecule has 2 aromatic carbocycles. The number of carboxylic acids is 1. The summed E-state index contributed by atoms with van der Waals surface area (Å²) in [6.45, 7) is 3.62. The van der Waals surface area contributed by atoms with Crippen LogP contribution in [0.4, 0.5) is 4.39 Å². The summed E-state index contributed by atoms with van der Waals surface area (Å²) in [6, 6.07) is 12.2. The Balaban J connectivity index is 1.68. The predicted octanol–water partition coefficient (Wildman–Crippen LogP) is 4.61. The predicted molar refractivity (Wildman–Crippen MR) is 101 cm³/mol. The number of nitrogens with zero attached hydrogens (tertiary/aromatic N) is 1. The van der Waals surface area contributed by atoms with Crippen molar-refractivity contribution in [2.45, 2.75) is 20.5 Å². The number of benzene rings is 2. The average molecular weight is 387 g/mol. The lowest BCUT2D eigenvalue weighted by molar-refractivity contribution is -0.139. The van der Waals surface area contributed by atoms with Gasteiger partial charge in [-0.3, -0.25) is 0 Å². The third-order valence-corrected chi connectivity index (χ3v) is 4.96. The van der Waals surface area contributed by atoms with Crippen LogP contribution in [-0.2, 0) is 11.4 Å². The molecular formula is C20H18FNO4S. The molecule has 0 aliphatic heterocycles. The van der Waals surface area contributed by atoms with Gasteiger partial charge in [-0.2, -0.15) is 0 Å². The summed E-state index contributed by atoms with van der Waals surface area (Å²) in [5.41, 5.74) is 3.09. The highest BCUT2D eigenvalue weighted by molar-refractivity contribution is 7.15. The summed E-state index contributed by atoms with van der Waals surface area (Å²) in [4.78, 5) is 16.0. The standard InChI is InChI=1S/C20H18FNO4S/c1-12-4-3-5-14(8-12)20-22-13(2)18(27-20)10-25-15-6-7-17(16(21)9-15)26-11-19(23)24/h3-9H,10-11H2,1-2H3,(H,23,24). The number of aromatic nitrogens is 1. The maximum Gasteiger partial charge on any atom is 0.341 e. The Labute approximate surface area is 160 Å². The van der Waals surface area contributed by atoms with Crippen LogP contribution in [0.1, 0.15) is 16.1 Å². The highest BCUT2D eigenvalue weighted by atomic mass is 32.1. The molecule has 0 unspecified atom stereocenters. The molecule has 5 nitrogen and oxygen atoms in total. The van der Waals surface area contributed by atoms with Crippen molar-refractivity contribution in [3.8, 4) is 22.1 Å². The van der Waals surface area contributed by atoms with E-state index in [2.05, 4.69) is 11.1 Å². The van der Waals surface area contributed by atoms with Crippen LogP contribution in [0.2, 0.25) is 0 Å². The van der Waals surface area contributed by atoms with Crippen molar-refractivity contribution in [1.29, 1.82) is 0 Å². The van der Waals surface area contributed by atoms with E-state index in [-0.39, 0.29) is 12.4 Å². The molecule has 1 N–H and O–H groups in total. The van der Waals surface area contributed by atoms with E-state index in [1.165, 1.54) is 35.1 Å². The first-order valence-electron chi connectivity index (χ1n) is 8.22. The van der Waals surface area contributed by atoms with Gasteiger partial charge in [-0.1, -0.05) is 23.8 Å². The van der Waals surface area contributed by atoms with Crippen molar-refractivity contribution in [2.24, 2.45) is 0 Å². The third kappa shape index (κ3) is 4.83. The fraction of sp³-hybridized carbons (Fsp3) is 0.200. The summed E-state index contributed by atoms with van der Waals surface area (Å²) in [7, 11) is 0. The lowest BCUT2D eigenvalue weighted by Crippen LogP contribution is -2.10. The van der Waals surface area contributed by atoms with Gasteiger partial charge in [-0.25, -0.2) is 14.2 Å². The summed E-state index contributed by atoms with van der Waals surface area (Å²) < 4.78 is 24.5. The number of thiazole rings is 1. The maximum absolute atomic E-state index is 14.0. The molecule has 0 amide bonds. The van der Waals surface area contributed by atoms with Gasteiger partial charge in [-0.15, -0.1) is 11.3 Å². The fourth-order valence-corrected chi connectivity index (χ4v) is 3.41. The number of halogens is 1. The van der Waals surface area contributed by atoms with Gasteiger partial charge in [0, 0.05) is 11.6 Å². The molecule has 0 saturated heterocycles. The molecule has 27 heavy (non-hydrogen) atoms. The first-order valence-corrected chi connectivity index (χ1v) is 9.04. The molecule has 0 aliphatic carbocycles. The molecule has 0 radical (unpaired) electrons. The number of carbonyl (C=O) groups is 1. The van der Waals surface area contributed by atoms with Gasteiger partial charge in [0.2, 0.25) is 0 Å². The fourth-order valence-electron chi connectivity index (χ4n) is 2.44. The second-order valence-corrected chi connectivity index (χ2v) is 7.04. The van der Waals surface area contributed by atoms with E-state index < -0.39 is 18.4 Å². The third-order valence-electron chi connectivity index (χ3n) is 3.78. The summed E-state index contributed by atoms with van der Waals surface area (Å²) in [6.07, 6.45) is 0. The monoisotopic (exact) mass is 387 g/mol. The van der Waals surface area contributed by atoms with E-state index in [1.807, 2.05) is 32.0 Å². The number of aliphatic carboxylic acids is 1. The Kier molecular flexibility index (Phi) is 5.71. The number of hydrogen-bond acceptors (Lipinski definition) is 5. The van der Waals surface area contributed by atoms with Crippen LogP contribution >= 0.6 is 11.3 Å². The summed E-state index contributed by atoms with van der Waals surface area (Å²) >= 11 is 1.54. The maximum atomic E-state index is 14.0. The molecule has 0 aliphatic rings. The smallest absolute Gasteiger partial charge is 0.341 e. The molecule has 0 atom stereocenters. The lowest BCUT2D eigenvalue weighted by atomic mass is 10.1. The summed E-state index contributed by atoms with van der Waals surface area (Å²) in [5.74, 6) is -1.63. The minimum Gasteiger partial charge on any atom is -0.488 e. The molecule has 3 rings (SSSR count). The SMILES string of the molecule is Cc1cccc(-c2nc(C)c(COc3ccc(OCC(=O)O)c(F)c3)s2)c1. The molecule has 0 saturated carbocycles. The first kappa shape index (κ1) is 18.8. The molecule has 0 bridgehead atoms. The number of rotatable bonds is 7. The molecule has 7 heteroatoms. The van der Waals surface area contributed by atoms with Crippen molar-refractivity contribution in [3.05, 3.63) is 64.4 Å². The molecule has 3 aromatic rings. The Hall–Kier alpha value is -2.93. The van der Waals surface area contributed by atoms with E-state index in [1.54, 1.807) is 0 Å². The van der Waals surface area contributed by atoms with Crippen molar-refractivity contribution in [1.82, 2.24) is 4.98 Å². The van der Waals surface area contributed by atoms with Crippen molar-refractivity contribution < 1.29 is 23.8 Å². The Morgan fingerprint density at radius 2 is 2.00 bits per heavy atom. The zero-order valence-corrected chi connectivity index (χ0v) is 15.7. The number of aryl methyl sites for hydroxylation is 2. The number of hydrogen-bond donors (Lipinski definition) is 1. The van der Waals surface area contributed by atoms with Crippen LogP contribution in [0.25, 0.3) is 10.6 Å². The van der Waals surface area contributed by atoms with E-state index in [4.69, 9.17) is 14.6 Å². The van der Waals surface area contributed by atoms with E-state index >= 15 is 0 Å². The molecule has 0 spiro atoms. The normalized spacial score (nSPS) is 10.6. The van der Waals surface area contributed by atoms with Gasteiger partial charge < -0.3 is 14.6 Å². The lowest BCUT2D eigenvalue weighted by Gasteiger charge is -2.08. The van der Waals surface area contributed by atoms with Gasteiger partial charge >= 0.3 is 5.97 Å². The van der Waals surface area contributed by atoms with Crippen LogP contribution < -0.4 is 9.47 Å². The molecular weight excluding hydrogens is 369 g/mol. The average Bonchev–Trinajstić information content (AvgIpc) is 3.00. The minimum atomic E-state index is -1.17.